The number of aliphatic hydroxyl groups is 4. The second-order valence-electron chi connectivity index (χ2n) is 17.9. The number of aliphatic carboxylic acids is 1. The summed E-state index contributed by atoms with van der Waals surface area (Å²) < 4.78 is 0. The third kappa shape index (κ3) is 14.6. The van der Waals surface area contributed by atoms with E-state index >= 15 is 0 Å². The molecule has 0 amide bonds. The Morgan fingerprint density at radius 2 is 1.75 bits per heavy atom. The van der Waals surface area contributed by atoms with E-state index in [1.165, 1.54) is 25.7 Å². The Morgan fingerprint density at radius 3 is 2.47 bits per heavy atom. The van der Waals surface area contributed by atoms with Gasteiger partial charge < -0.3 is 41.9 Å². The molecule has 9 nitrogen and oxygen atoms in total. The fourth-order valence-corrected chi connectivity index (χ4v) is 10.4. The van der Waals surface area contributed by atoms with Crippen molar-refractivity contribution in [3.05, 3.63) is 12.2 Å². The summed E-state index contributed by atoms with van der Waals surface area (Å²) in [5, 5.41) is 61.1. The lowest BCUT2D eigenvalue weighted by Gasteiger charge is -2.32. The molecule has 4 rings (SSSR count). The van der Waals surface area contributed by atoms with Gasteiger partial charge >= 0.3 is 5.97 Å². The zero-order valence-corrected chi connectivity index (χ0v) is 32.3. The summed E-state index contributed by atoms with van der Waals surface area (Å²) in [5.74, 6) is 0.650. The first-order chi connectivity index (χ1) is 24.4. The minimum Gasteiger partial charge on any atom is -0.481 e. The molecule has 0 radical (unpaired) electrons. The van der Waals surface area contributed by atoms with E-state index in [9.17, 15) is 30.3 Å². The highest BCUT2D eigenvalue weighted by Gasteiger charge is 2.45. The van der Waals surface area contributed by atoms with Crippen molar-refractivity contribution >= 4 is 5.97 Å². The Hall–Kier alpha value is -1.07. The van der Waals surface area contributed by atoms with Crippen LogP contribution in [-0.4, -0.2) is 80.7 Å². The molecule has 1 heterocycles. The fraction of sp³-hybridized carbons (Fsp3) is 0.929. The Balaban J connectivity index is 1.22. The standard InChI is InChI=1S/C42H77N3O6/c1-3-4-6-10-30-15-16-33(39(48)24-30)12-7-5-8-14-37(41(49)50)38(47)17-19-42(51)26-34(22-32-18-20-44-40(43)25-32)35(27-42)28-45-29(2)21-31-11-9-13-36(46)23-31/h15-16,29-40,44-48,51H,3-14,17-28,43H2,1-2H3,(H,49,50)/t29-,30+,31?,32?,33-,34-,35+,36?,37+,38-,39-,40?,42+/m1/s1. The van der Waals surface area contributed by atoms with E-state index in [-0.39, 0.29) is 30.7 Å². The van der Waals surface area contributed by atoms with Crippen molar-refractivity contribution in [3.8, 4) is 0 Å². The van der Waals surface area contributed by atoms with Crippen molar-refractivity contribution in [1.29, 1.82) is 0 Å². The number of piperidine rings is 1. The largest absolute Gasteiger partial charge is 0.481 e. The first-order valence-corrected chi connectivity index (χ1v) is 21.3. The first-order valence-electron chi connectivity index (χ1n) is 21.3. The first kappa shape index (κ1) is 42.7. The van der Waals surface area contributed by atoms with Gasteiger partial charge in [-0.05, 0) is 139 Å². The number of allylic oxidation sites excluding steroid dienone is 1. The van der Waals surface area contributed by atoms with Gasteiger partial charge in [-0.15, -0.1) is 0 Å². The van der Waals surface area contributed by atoms with Crippen LogP contribution in [0.3, 0.4) is 0 Å². The third-order valence-corrected chi connectivity index (χ3v) is 13.4. The van der Waals surface area contributed by atoms with Gasteiger partial charge in [0.1, 0.15) is 0 Å². The highest BCUT2D eigenvalue weighted by atomic mass is 16.4. The minimum atomic E-state index is -0.983. The monoisotopic (exact) mass is 720 g/mol. The Labute approximate surface area is 310 Å². The average molecular weight is 720 g/mol. The lowest BCUT2D eigenvalue weighted by molar-refractivity contribution is -0.146. The number of hydrogen-bond donors (Lipinski definition) is 8. The number of carboxylic acids is 1. The summed E-state index contributed by atoms with van der Waals surface area (Å²) >= 11 is 0. The smallest absolute Gasteiger partial charge is 0.309 e. The van der Waals surface area contributed by atoms with Gasteiger partial charge in [0.2, 0.25) is 0 Å². The quantitative estimate of drug-likeness (QED) is 0.0476. The van der Waals surface area contributed by atoms with Crippen molar-refractivity contribution in [2.45, 2.75) is 191 Å². The van der Waals surface area contributed by atoms with Gasteiger partial charge in [0.05, 0.1) is 36.0 Å². The van der Waals surface area contributed by atoms with Crippen LogP contribution in [-0.2, 0) is 4.79 Å². The molecule has 0 bridgehead atoms. The van der Waals surface area contributed by atoms with Crippen LogP contribution in [0.4, 0.5) is 0 Å². The van der Waals surface area contributed by atoms with Gasteiger partial charge in [-0.1, -0.05) is 70.4 Å². The average Bonchev–Trinajstić information content (AvgIpc) is 3.39. The molecular formula is C42H77N3O6. The van der Waals surface area contributed by atoms with Crippen molar-refractivity contribution in [1.82, 2.24) is 10.6 Å². The van der Waals surface area contributed by atoms with E-state index in [2.05, 4.69) is 36.6 Å². The van der Waals surface area contributed by atoms with Crippen molar-refractivity contribution in [3.63, 3.8) is 0 Å². The third-order valence-electron chi connectivity index (χ3n) is 13.4. The second kappa shape index (κ2) is 21.7. The van der Waals surface area contributed by atoms with Gasteiger partial charge in [-0.2, -0.15) is 0 Å². The maximum absolute atomic E-state index is 12.3. The molecule has 0 aromatic carbocycles. The molecule has 0 aromatic rings. The van der Waals surface area contributed by atoms with Gasteiger partial charge in [0.25, 0.3) is 0 Å². The predicted molar refractivity (Wildman–Crippen MR) is 205 cm³/mol. The normalized spacial score (nSPS) is 36.2. The summed E-state index contributed by atoms with van der Waals surface area (Å²) in [4.78, 5) is 12.3. The van der Waals surface area contributed by atoms with Crippen molar-refractivity contribution in [2.75, 3.05) is 13.1 Å². The number of carbonyl (C=O) groups is 1. The zero-order chi connectivity index (χ0) is 36.8. The van der Waals surface area contributed by atoms with Crippen LogP contribution in [0, 0.1) is 41.4 Å². The molecule has 3 fully saturated rings. The Morgan fingerprint density at radius 1 is 0.961 bits per heavy atom. The van der Waals surface area contributed by atoms with Crippen LogP contribution < -0.4 is 16.4 Å². The molecule has 2 saturated carbocycles. The number of nitrogens with one attached hydrogen (secondary N) is 2. The van der Waals surface area contributed by atoms with Gasteiger partial charge in [0, 0.05) is 12.0 Å². The summed E-state index contributed by atoms with van der Waals surface area (Å²) in [6.45, 7) is 6.23. The molecule has 9 N–H and O–H groups in total. The van der Waals surface area contributed by atoms with Crippen molar-refractivity contribution < 1.29 is 30.3 Å². The van der Waals surface area contributed by atoms with E-state index < -0.39 is 23.6 Å². The van der Waals surface area contributed by atoms with Crippen LogP contribution in [0.1, 0.15) is 155 Å². The predicted octanol–water partition coefficient (Wildman–Crippen LogP) is 6.26. The van der Waals surface area contributed by atoms with Crippen molar-refractivity contribution in [2.24, 2.45) is 47.2 Å². The van der Waals surface area contributed by atoms with E-state index in [1.807, 2.05) is 0 Å². The van der Waals surface area contributed by atoms with Gasteiger partial charge in [0.15, 0.2) is 0 Å². The lowest BCUT2D eigenvalue weighted by Crippen LogP contribution is -2.44. The van der Waals surface area contributed by atoms with Gasteiger partial charge in [-0.3, -0.25) is 4.79 Å². The number of unbranched alkanes of at least 4 members (excludes halogenated alkanes) is 4. The molecule has 1 aliphatic heterocycles. The SMILES string of the molecule is CCCCC[C@H]1C=C[C@@H](CCCCC[C@H](C(=O)O)[C@H](O)CC[C@@]2(O)C[C@@H](CN[C@H](C)CC3CCCC(O)C3)[C@H](CC3CCNC(N)C3)C2)[C@H](O)C1. The van der Waals surface area contributed by atoms with E-state index in [0.29, 0.717) is 61.3 Å². The molecule has 13 atom stereocenters. The topological polar surface area (TPSA) is 168 Å². The second-order valence-corrected chi connectivity index (χ2v) is 17.9. The molecule has 0 aromatic heterocycles. The summed E-state index contributed by atoms with van der Waals surface area (Å²) in [7, 11) is 0. The summed E-state index contributed by atoms with van der Waals surface area (Å²) in [5.41, 5.74) is 5.34. The highest BCUT2D eigenvalue weighted by Crippen LogP contribution is 2.46. The van der Waals surface area contributed by atoms with E-state index in [4.69, 9.17) is 5.73 Å². The van der Waals surface area contributed by atoms with Crippen LogP contribution in [0.15, 0.2) is 12.2 Å². The van der Waals surface area contributed by atoms with Crippen LogP contribution in [0.25, 0.3) is 0 Å². The molecule has 51 heavy (non-hydrogen) atoms. The maximum Gasteiger partial charge on any atom is 0.309 e. The van der Waals surface area contributed by atoms with Crippen LogP contribution >= 0.6 is 0 Å². The highest BCUT2D eigenvalue weighted by molar-refractivity contribution is 5.70. The number of nitrogens with two attached hydrogens (primary N) is 1. The number of carboxylic acid groups (broad SMARTS) is 1. The zero-order valence-electron chi connectivity index (χ0n) is 32.3. The molecular weight excluding hydrogens is 642 g/mol. The maximum atomic E-state index is 12.3. The molecule has 9 heteroatoms. The fourth-order valence-electron chi connectivity index (χ4n) is 10.4. The number of aliphatic hydroxyl groups excluding tert-OH is 3. The minimum absolute atomic E-state index is 0.0260. The number of hydrogen-bond acceptors (Lipinski definition) is 8. The molecule has 1 saturated heterocycles. The van der Waals surface area contributed by atoms with Crippen LogP contribution in [0.2, 0.25) is 0 Å². The summed E-state index contributed by atoms with van der Waals surface area (Å²) in [6, 6.07) is 0.344. The van der Waals surface area contributed by atoms with E-state index in [0.717, 1.165) is 96.6 Å². The van der Waals surface area contributed by atoms with Crippen LogP contribution in [0.5, 0.6) is 0 Å². The number of rotatable bonds is 22. The van der Waals surface area contributed by atoms with Gasteiger partial charge in [-0.25, -0.2) is 0 Å². The summed E-state index contributed by atoms with van der Waals surface area (Å²) in [6.07, 6.45) is 23.0. The molecule has 4 aliphatic rings. The lowest BCUT2D eigenvalue weighted by atomic mass is 9.81. The molecule has 3 aliphatic carbocycles. The Kier molecular flexibility index (Phi) is 18.2. The molecule has 296 valence electrons. The van der Waals surface area contributed by atoms with E-state index in [1.54, 1.807) is 0 Å². The Bertz CT molecular complexity index is 1030. The molecule has 0 spiro atoms. The molecule has 4 unspecified atom stereocenters.